The number of hydrogen-bond acceptors (Lipinski definition) is 4. The first-order valence-corrected chi connectivity index (χ1v) is 9.27. The van der Waals surface area contributed by atoms with E-state index in [2.05, 4.69) is 5.32 Å². The van der Waals surface area contributed by atoms with Crippen molar-refractivity contribution in [2.24, 2.45) is 0 Å². The quantitative estimate of drug-likeness (QED) is 0.551. The molecule has 1 N–H and O–H groups in total. The fourth-order valence-corrected chi connectivity index (χ4v) is 3.12. The van der Waals surface area contributed by atoms with Gasteiger partial charge in [-0.3, -0.25) is 9.69 Å². The number of nitrogens with one attached hydrogen (secondary N) is 1. The van der Waals surface area contributed by atoms with Crippen molar-refractivity contribution in [1.82, 2.24) is 10.2 Å². The van der Waals surface area contributed by atoms with Crippen molar-refractivity contribution in [2.45, 2.75) is 13.5 Å². The van der Waals surface area contributed by atoms with Gasteiger partial charge in [-0.2, -0.15) is 0 Å². The highest BCUT2D eigenvalue weighted by molar-refractivity contribution is 6.32. The molecule has 2 aromatic carbocycles. The van der Waals surface area contributed by atoms with E-state index >= 15 is 0 Å². The molecular formula is C20H18Cl2N2O4. The monoisotopic (exact) mass is 420 g/mol. The SMILES string of the molecule is CCN1C(=O)N/C(=C/c2cc(Cl)c(OCc3ccc(Cl)cc3)c(OC)c2)C1=O. The number of rotatable bonds is 6. The molecule has 0 spiro atoms. The second-order valence-corrected chi connectivity index (χ2v) is 6.83. The van der Waals surface area contributed by atoms with Crippen molar-refractivity contribution < 1.29 is 19.1 Å². The van der Waals surface area contributed by atoms with Crippen LogP contribution in [0.5, 0.6) is 11.5 Å². The van der Waals surface area contributed by atoms with Gasteiger partial charge in [0.15, 0.2) is 11.5 Å². The molecule has 1 aliphatic heterocycles. The number of halogens is 2. The maximum Gasteiger partial charge on any atom is 0.328 e. The van der Waals surface area contributed by atoms with Gasteiger partial charge in [0.05, 0.1) is 12.1 Å². The van der Waals surface area contributed by atoms with Gasteiger partial charge in [-0.1, -0.05) is 35.3 Å². The highest BCUT2D eigenvalue weighted by Gasteiger charge is 2.32. The van der Waals surface area contributed by atoms with Crippen LogP contribution in [0.25, 0.3) is 6.08 Å². The minimum Gasteiger partial charge on any atom is -0.493 e. The zero-order valence-corrected chi connectivity index (χ0v) is 16.8. The lowest BCUT2D eigenvalue weighted by Crippen LogP contribution is -2.30. The summed E-state index contributed by atoms with van der Waals surface area (Å²) >= 11 is 12.3. The third kappa shape index (κ3) is 4.24. The Hall–Kier alpha value is -2.70. The molecule has 0 bridgehead atoms. The smallest absolute Gasteiger partial charge is 0.328 e. The van der Waals surface area contributed by atoms with Crippen molar-refractivity contribution in [3.05, 3.63) is 63.3 Å². The van der Waals surface area contributed by atoms with E-state index in [9.17, 15) is 9.59 Å². The van der Waals surface area contributed by atoms with Gasteiger partial charge in [0.1, 0.15) is 12.3 Å². The Kier molecular flexibility index (Phi) is 6.11. The number of likely N-dealkylation sites (N-methyl/N-ethyl adjacent to an activating group) is 1. The van der Waals surface area contributed by atoms with Crippen molar-refractivity contribution >= 4 is 41.2 Å². The maximum atomic E-state index is 12.2. The van der Waals surface area contributed by atoms with Crippen LogP contribution in [0, 0.1) is 0 Å². The van der Waals surface area contributed by atoms with Gasteiger partial charge in [0, 0.05) is 11.6 Å². The number of methoxy groups -OCH3 is 1. The average molecular weight is 421 g/mol. The van der Waals surface area contributed by atoms with Gasteiger partial charge < -0.3 is 14.8 Å². The van der Waals surface area contributed by atoms with Gasteiger partial charge in [-0.05, 0) is 48.4 Å². The topological polar surface area (TPSA) is 67.9 Å². The van der Waals surface area contributed by atoms with Crippen LogP contribution in [-0.2, 0) is 11.4 Å². The first kappa shape index (κ1) is 20.0. The fraction of sp³-hybridized carbons (Fsp3) is 0.200. The van der Waals surface area contributed by atoms with Crippen LogP contribution in [0.1, 0.15) is 18.1 Å². The van der Waals surface area contributed by atoms with Crippen molar-refractivity contribution in [3.63, 3.8) is 0 Å². The zero-order valence-electron chi connectivity index (χ0n) is 15.3. The first-order chi connectivity index (χ1) is 13.4. The van der Waals surface area contributed by atoms with Crippen molar-refractivity contribution in [2.75, 3.05) is 13.7 Å². The molecule has 0 atom stereocenters. The Bertz CT molecular complexity index is 942. The summed E-state index contributed by atoms with van der Waals surface area (Å²) in [5.41, 5.74) is 1.70. The summed E-state index contributed by atoms with van der Waals surface area (Å²) in [7, 11) is 1.50. The van der Waals surface area contributed by atoms with E-state index in [0.29, 0.717) is 33.7 Å². The molecule has 0 aliphatic carbocycles. The number of ether oxygens (including phenoxy) is 2. The number of carbonyl (C=O) groups excluding carboxylic acids is 2. The number of carbonyl (C=O) groups is 2. The molecule has 0 aromatic heterocycles. The second kappa shape index (κ2) is 8.54. The van der Waals surface area contributed by atoms with Gasteiger partial charge in [-0.25, -0.2) is 4.79 Å². The summed E-state index contributed by atoms with van der Waals surface area (Å²) in [6, 6.07) is 10.2. The van der Waals surface area contributed by atoms with Crippen molar-refractivity contribution in [1.29, 1.82) is 0 Å². The Morgan fingerprint density at radius 1 is 1.14 bits per heavy atom. The molecule has 6 nitrogen and oxygen atoms in total. The van der Waals surface area contributed by atoms with Gasteiger partial charge >= 0.3 is 6.03 Å². The second-order valence-electron chi connectivity index (χ2n) is 5.99. The number of urea groups is 1. The molecule has 1 heterocycles. The standard InChI is InChI=1S/C20H18Cl2N2O4/c1-3-24-19(25)16(23-20(24)26)9-13-8-15(22)18(17(10-13)27-2)28-11-12-4-6-14(21)7-5-12/h4-10H,3,11H2,1-2H3,(H,23,26)/b16-9+. The molecule has 0 radical (unpaired) electrons. The lowest BCUT2D eigenvalue weighted by Gasteiger charge is -2.13. The van der Waals surface area contributed by atoms with Gasteiger partial charge in [0.25, 0.3) is 5.91 Å². The minimum atomic E-state index is -0.445. The van der Waals surface area contributed by atoms with E-state index in [1.807, 2.05) is 12.1 Å². The summed E-state index contributed by atoms with van der Waals surface area (Å²) in [4.78, 5) is 25.1. The van der Waals surface area contributed by atoms with Crippen LogP contribution in [0.4, 0.5) is 4.79 Å². The molecule has 2 aromatic rings. The third-order valence-electron chi connectivity index (χ3n) is 4.14. The third-order valence-corrected chi connectivity index (χ3v) is 4.67. The van der Waals surface area contributed by atoms with Crippen LogP contribution >= 0.6 is 23.2 Å². The molecule has 1 saturated heterocycles. The highest BCUT2D eigenvalue weighted by Crippen LogP contribution is 2.37. The highest BCUT2D eigenvalue weighted by atomic mass is 35.5. The predicted molar refractivity (Wildman–Crippen MR) is 108 cm³/mol. The number of nitrogens with zero attached hydrogens (tertiary/aromatic N) is 1. The Morgan fingerprint density at radius 2 is 1.86 bits per heavy atom. The molecule has 28 heavy (non-hydrogen) atoms. The Morgan fingerprint density at radius 3 is 2.46 bits per heavy atom. The van der Waals surface area contributed by atoms with E-state index in [4.69, 9.17) is 32.7 Å². The Labute approximate surface area is 172 Å². The van der Waals surface area contributed by atoms with E-state index in [0.717, 1.165) is 10.5 Å². The van der Waals surface area contributed by atoms with Gasteiger partial charge in [-0.15, -0.1) is 0 Å². The zero-order chi connectivity index (χ0) is 20.3. The molecule has 0 unspecified atom stereocenters. The molecule has 3 amide bonds. The first-order valence-electron chi connectivity index (χ1n) is 8.52. The van der Waals surface area contributed by atoms with Crippen LogP contribution in [0.15, 0.2) is 42.1 Å². The van der Waals surface area contributed by atoms with Gasteiger partial charge in [0.2, 0.25) is 0 Å². The average Bonchev–Trinajstić information content (AvgIpc) is 2.94. The fourth-order valence-electron chi connectivity index (χ4n) is 2.72. The van der Waals surface area contributed by atoms with Crippen molar-refractivity contribution in [3.8, 4) is 11.5 Å². The minimum absolute atomic E-state index is 0.180. The summed E-state index contributed by atoms with van der Waals surface area (Å²) < 4.78 is 11.2. The van der Waals surface area contributed by atoms with E-state index in [1.54, 1.807) is 37.3 Å². The number of imide groups is 1. The summed E-state index contributed by atoms with van der Waals surface area (Å²) in [5, 5.41) is 3.52. The molecule has 3 rings (SSSR count). The lowest BCUT2D eigenvalue weighted by molar-refractivity contribution is -0.122. The largest absolute Gasteiger partial charge is 0.493 e. The number of hydrogen-bond donors (Lipinski definition) is 1. The Balaban J connectivity index is 1.83. The van der Waals surface area contributed by atoms with E-state index < -0.39 is 6.03 Å². The summed E-state index contributed by atoms with van der Waals surface area (Å²) in [6.07, 6.45) is 1.55. The van der Waals surface area contributed by atoms with E-state index in [1.165, 1.54) is 7.11 Å². The molecule has 0 saturated carbocycles. The summed E-state index contributed by atoms with van der Waals surface area (Å²) in [6.45, 7) is 2.31. The molecule has 146 valence electrons. The van der Waals surface area contributed by atoms with Crippen LogP contribution in [-0.4, -0.2) is 30.5 Å². The molecule has 1 aliphatic rings. The van der Waals surface area contributed by atoms with Crippen LogP contribution in [0.2, 0.25) is 10.0 Å². The lowest BCUT2D eigenvalue weighted by atomic mass is 10.1. The van der Waals surface area contributed by atoms with E-state index in [-0.39, 0.29) is 18.2 Å². The molecule has 8 heteroatoms. The maximum absolute atomic E-state index is 12.2. The normalized spacial score (nSPS) is 15.1. The van der Waals surface area contributed by atoms with Crippen LogP contribution < -0.4 is 14.8 Å². The number of amides is 3. The molecular weight excluding hydrogens is 403 g/mol. The molecule has 1 fully saturated rings. The number of benzene rings is 2. The summed E-state index contributed by atoms with van der Waals surface area (Å²) in [5.74, 6) is 0.418. The van der Waals surface area contributed by atoms with Crippen LogP contribution in [0.3, 0.4) is 0 Å². The predicted octanol–water partition coefficient (Wildman–Crippen LogP) is 4.49.